The van der Waals surface area contributed by atoms with Crippen molar-refractivity contribution in [3.63, 3.8) is 0 Å². The van der Waals surface area contributed by atoms with Crippen molar-refractivity contribution >= 4 is 12.6 Å². The highest BCUT2D eigenvalue weighted by Crippen LogP contribution is 2.18. The van der Waals surface area contributed by atoms with Gasteiger partial charge in [-0.05, 0) is 49.3 Å². The minimum atomic E-state index is 0.564. The summed E-state index contributed by atoms with van der Waals surface area (Å²) in [5.74, 6) is 2.45. The molecule has 0 fully saturated rings. The van der Waals surface area contributed by atoms with Gasteiger partial charge in [-0.2, -0.15) is 12.6 Å². The molecule has 1 aromatic carbocycles. The lowest BCUT2D eigenvalue weighted by Crippen LogP contribution is -2.13. The van der Waals surface area contributed by atoms with E-state index in [0.29, 0.717) is 5.92 Å². The second-order valence-electron chi connectivity index (χ2n) is 4.47. The summed E-state index contributed by atoms with van der Waals surface area (Å²) in [4.78, 5) is 0. The Bertz CT molecular complexity index is 302. The molecular formula is C14H22OS. The van der Waals surface area contributed by atoms with Crippen LogP contribution in [0.3, 0.4) is 0 Å². The fraction of sp³-hybridized carbons (Fsp3) is 0.571. The summed E-state index contributed by atoms with van der Waals surface area (Å²) < 4.78 is 5.82. The average molecular weight is 238 g/mol. The van der Waals surface area contributed by atoms with Gasteiger partial charge in [-0.15, -0.1) is 0 Å². The van der Waals surface area contributed by atoms with Crippen molar-refractivity contribution < 1.29 is 4.74 Å². The summed E-state index contributed by atoms with van der Waals surface area (Å²) in [5, 5.41) is 0. The third kappa shape index (κ3) is 4.48. The van der Waals surface area contributed by atoms with Crippen molar-refractivity contribution in [2.75, 3.05) is 12.4 Å². The highest BCUT2D eigenvalue weighted by Gasteiger charge is 2.06. The molecule has 0 heterocycles. The van der Waals surface area contributed by atoms with Gasteiger partial charge in [0.05, 0.1) is 6.61 Å². The molecule has 0 aliphatic rings. The minimum Gasteiger partial charge on any atom is -0.493 e. The van der Waals surface area contributed by atoms with E-state index in [1.54, 1.807) is 0 Å². The van der Waals surface area contributed by atoms with Gasteiger partial charge in [0.15, 0.2) is 0 Å². The van der Waals surface area contributed by atoms with Crippen LogP contribution >= 0.6 is 12.6 Å². The normalized spacial score (nSPS) is 12.5. The lowest BCUT2D eigenvalue weighted by Gasteiger charge is -2.15. The van der Waals surface area contributed by atoms with Gasteiger partial charge in [-0.25, -0.2) is 0 Å². The maximum absolute atomic E-state index is 5.82. The number of rotatable bonds is 6. The topological polar surface area (TPSA) is 9.23 Å². The summed E-state index contributed by atoms with van der Waals surface area (Å²) in [5.41, 5.74) is 2.51. The van der Waals surface area contributed by atoms with Crippen molar-refractivity contribution in [1.82, 2.24) is 0 Å². The monoisotopic (exact) mass is 238 g/mol. The van der Waals surface area contributed by atoms with Gasteiger partial charge in [-0.1, -0.05) is 19.4 Å². The van der Waals surface area contributed by atoms with Gasteiger partial charge < -0.3 is 4.74 Å². The third-order valence-corrected chi connectivity index (χ3v) is 3.15. The zero-order chi connectivity index (χ0) is 12.0. The zero-order valence-corrected chi connectivity index (χ0v) is 11.4. The summed E-state index contributed by atoms with van der Waals surface area (Å²) in [7, 11) is 0. The van der Waals surface area contributed by atoms with Gasteiger partial charge in [0.25, 0.3) is 0 Å². The highest BCUT2D eigenvalue weighted by molar-refractivity contribution is 7.80. The fourth-order valence-electron chi connectivity index (χ4n) is 1.87. The van der Waals surface area contributed by atoms with E-state index in [1.807, 2.05) is 0 Å². The number of ether oxygens (including phenoxy) is 1. The molecule has 0 bridgehead atoms. The number of thiol groups is 1. The molecule has 0 N–H and O–H groups in total. The Balaban J connectivity index is 2.52. The first-order valence-electron chi connectivity index (χ1n) is 5.97. The zero-order valence-electron chi connectivity index (χ0n) is 10.5. The molecule has 1 unspecified atom stereocenters. The quantitative estimate of drug-likeness (QED) is 0.736. The van der Waals surface area contributed by atoms with Crippen LogP contribution in [0, 0.1) is 19.8 Å². The van der Waals surface area contributed by atoms with E-state index in [2.05, 4.69) is 51.6 Å². The highest BCUT2D eigenvalue weighted by atomic mass is 32.1. The molecule has 0 saturated heterocycles. The van der Waals surface area contributed by atoms with E-state index in [4.69, 9.17) is 4.74 Å². The molecule has 1 nitrogen and oxygen atoms in total. The maximum atomic E-state index is 5.82. The van der Waals surface area contributed by atoms with Gasteiger partial charge in [0, 0.05) is 5.92 Å². The van der Waals surface area contributed by atoms with Crippen molar-refractivity contribution in [1.29, 1.82) is 0 Å². The largest absolute Gasteiger partial charge is 0.493 e. The first-order chi connectivity index (χ1) is 7.65. The number of hydrogen-bond donors (Lipinski definition) is 1. The van der Waals surface area contributed by atoms with E-state index in [-0.39, 0.29) is 0 Å². The SMILES string of the molecule is CCCC(CS)COc1cc(C)cc(C)c1. The summed E-state index contributed by atoms with van der Waals surface area (Å²) in [6.07, 6.45) is 2.38. The van der Waals surface area contributed by atoms with Gasteiger partial charge >= 0.3 is 0 Å². The fourth-order valence-corrected chi connectivity index (χ4v) is 2.15. The molecule has 0 aromatic heterocycles. The van der Waals surface area contributed by atoms with Crippen molar-refractivity contribution in [2.45, 2.75) is 33.6 Å². The van der Waals surface area contributed by atoms with Crippen LogP contribution in [0.4, 0.5) is 0 Å². The molecule has 0 aliphatic carbocycles. The lowest BCUT2D eigenvalue weighted by atomic mass is 10.1. The molecule has 90 valence electrons. The standard InChI is InChI=1S/C14H22OS/c1-4-5-13(10-16)9-15-14-7-11(2)6-12(3)8-14/h6-8,13,16H,4-5,9-10H2,1-3H3. The first-order valence-corrected chi connectivity index (χ1v) is 6.61. The van der Waals surface area contributed by atoms with E-state index >= 15 is 0 Å². The van der Waals surface area contributed by atoms with Crippen LogP contribution in [0.1, 0.15) is 30.9 Å². The molecule has 1 aromatic rings. The molecule has 1 rings (SSSR count). The molecule has 1 atom stereocenters. The Labute approximate surface area is 105 Å². The molecule has 0 saturated carbocycles. The molecular weight excluding hydrogens is 216 g/mol. The Morgan fingerprint density at radius 1 is 1.19 bits per heavy atom. The van der Waals surface area contributed by atoms with Crippen LogP contribution in [-0.4, -0.2) is 12.4 Å². The van der Waals surface area contributed by atoms with Crippen LogP contribution in [0.25, 0.3) is 0 Å². The Morgan fingerprint density at radius 3 is 2.31 bits per heavy atom. The second-order valence-corrected chi connectivity index (χ2v) is 4.84. The second kappa shape index (κ2) is 6.85. The van der Waals surface area contributed by atoms with Crippen molar-refractivity contribution in [3.8, 4) is 5.75 Å². The van der Waals surface area contributed by atoms with Crippen molar-refractivity contribution in [2.24, 2.45) is 5.92 Å². The maximum Gasteiger partial charge on any atom is 0.119 e. The van der Waals surface area contributed by atoms with E-state index in [9.17, 15) is 0 Å². The third-order valence-electron chi connectivity index (χ3n) is 2.64. The van der Waals surface area contributed by atoms with Crippen LogP contribution in [-0.2, 0) is 0 Å². The minimum absolute atomic E-state index is 0.564. The van der Waals surface area contributed by atoms with Gasteiger partial charge in [0.2, 0.25) is 0 Å². The predicted octanol–water partition coefficient (Wildman–Crippen LogP) is 4.03. The summed E-state index contributed by atoms with van der Waals surface area (Å²) in [6.45, 7) is 7.18. The smallest absolute Gasteiger partial charge is 0.119 e. The van der Waals surface area contributed by atoms with Crippen LogP contribution in [0.15, 0.2) is 18.2 Å². The molecule has 16 heavy (non-hydrogen) atoms. The van der Waals surface area contributed by atoms with E-state index in [0.717, 1.165) is 18.1 Å². The number of hydrogen-bond acceptors (Lipinski definition) is 2. The predicted molar refractivity (Wildman–Crippen MR) is 73.7 cm³/mol. The summed E-state index contributed by atoms with van der Waals surface area (Å²) >= 11 is 4.36. The lowest BCUT2D eigenvalue weighted by molar-refractivity contribution is 0.254. The Kier molecular flexibility index (Phi) is 5.75. The first kappa shape index (κ1) is 13.4. The molecule has 2 heteroatoms. The van der Waals surface area contributed by atoms with E-state index in [1.165, 1.54) is 24.0 Å². The molecule has 0 spiro atoms. The average Bonchev–Trinajstić information content (AvgIpc) is 2.23. The summed E-state index contributed by atoms with van der Waals surface area (Å²) in [6, 6.07) is 6.35. The molecule has 0 aliphatic heterocycles. The number of benzene rings is 1. The Hall–Kier alpha value is -0.630. The van der Waals surface area contributed by atoms with Crippen molar-refractivity contribution in [3.05, 3.63) is 29.3 Å². The van der Waals surface area contributed by atoms with Crippen LogP contribution in [0.5, 0.6) is 5.75 Å². The molecule has 0 amide bonds. The number of aryl methyl sites for hydroxylation is 2. The Morgan fingerprint density at radius 2 is 1.81 bits per heavy atom. The molecule has 0 radical (unpaired) electrons. The van der Waals surface area contributed by atoms with Crippen LogP contribution < -0.4 is 4.74 Å². The van der Waals surface area contributed by atoms with Gasteiger partial charge in [0.1, 0.15) is 5.75 Å². The van der Waals surface area contributed by atoms with E-state index < -0.39 is 0 Å². The van der Waals surface area contributed by atoms with Crippen LogP contribution in [0.2, 0.25) is 0 Å². The van der Waals surface area contributed by atoms with Gasteiger partial charge in [-0.3, -0.25) is 0 Å².